The zero-order valence-electron chi connectivity index (χ0n) is 18.7. The third kappa shape index (κ3) is 4.11. The summed E-state index contributed by atoms with van der Waals surface area (Å²) in [5, 5.41) is 9.10. The maximum atomic E-state index is 14.5. The van der Waals surface area contributed by atoms with Gasteiger partial charge < -0.3 is 14.5 Å². The van der Waals surface area contributed by atoms with Crippen molar-refractivity contribution in [1.82, 2.24) is 14.4 Å². The van der Waals surface area contributed by atoms with E-state index in [2.05, 4.69) is 9.97 Å². The second kappa shape index (κ2) is 9.15. The van der Waals surface area contributed by atoms with Gasteiger partial charge in [-0.1, -0.05) is 42.5 Å². The fraction of sp³-hybridized carbons (Fsp3) is 0.0741. The molecule has 0 saturated heterocycles. The van der Waals surface area contributed by atoms with Crippen molar-refractivity contribution in [1.29, 1.82) is 5.26 Å². The molecular weight excluding hydrogens is 447 g/mol. The molecule has 5 rings (SSSR count). The molecule has 0 saturated carbocycles. The smallest absolute Gasteiger partial charge is 0.331 e. The van der Waals surface area contributed by atoms with Gasteiger partial charge in [0.15, 0.2) is 17.1 Å². The predicted molar refractivity (Wildman–Crippen MR) is 129 cm³/mol. The minimum absolute atomic E-state index is 0.0828. The van der Waals surface area contributed by atoms with Gasteiger partial charge in [-0.15, -0.1) is 0 Å². The van der Waals surface area contributed by atoms with Crippen molar-refractivity contribution >= 4 is 5.65 Å². The number of nitriles is 1. The molecule has 2 heterocycles. The van der Waals surface area contributed by atoms with Crippen molar-refractivity contribution in [2.75, 3.05) is 7.11 Å². The van der Waals surface area contributed by atoms with Crippen LogP contribution in [0, 0.1) is 17.1 Å². The number of aromatic amines is 1. The molecule has 0 amide bonds. The van der Waals surface area contributed by atoms with E-state index in [0.717, 1.165) is 5.56 Å². The molecule has 172 valence electrons. The molecular formula is C27H19FN4O3. The number of nitrogens with zero attached hydrogens (tertiary/aromatic N) is 3. The highest BCUT2D eigenvalue weighted by Crippen LogP contribution is 2.38. The van der Waals surface area contributed by atoms with E-state index >= 15 is 0 Å². The van der Waals surface area contributed by atoms with Gasteiger partial charge in [0.2, 0.25) is 0 Å². The fourth-order valence-electron chi connectivity index (χ4n) is 3.93. The molecule has 0 spiro atoms. The molecule has 0 aliphatic rings. The van der Waals surface area contributed by atoms with Crippen LogP contribution in [0.4, 0.5) is 4.39 Å². The van der Waals surface area contributed by atoms with E-state index in [9.17, 15) is 9.18 Å². The number of hydrogen-bond donors (Lipinski definition) is 1. The van der Waals surface area contributed by atoms with E-state index in [1.807, 2.05) is 42.5 Å². The zero-order chi connectivity index (χ0) is 24.4. The summed E-state index contributed by atoms with van der Waals surface area (Å²) in [6, 6.07) is 21.1. The molecule has 0 bridgehead atoms. The SMILES string of the molecule is COc1ccc(-c2c(-c3ccc(C#N)c(F)c3)[nH]c(=O)n3ccnc23)cc1OCc1ccccc1. The van der Waals surface area contributed by atoms with E-state index in [4.69, 9.17) is 14.7 Å². The first-order valence-corrected chi connectivity index (χ1v) is 10.7. The fourth-order valence-corrected chi connectivity index (χ4v) is 3.93. The highest BCUT2D eigenvalue weighted by molar-refractivity contribution is 5.90. The lowest BCUT2D eigenvalue weighted by Crippen LogP contribution is -2.17. The number of imidazole rings is 1. The lowest BCUT2D eigenvalue weighted by atomic mass is 9.98. The third-order valence-corrected chi connectivity index (χ3v) is 5.63. The summed E-state index contributed by atoms with van der Waals surface area (Å²) in [6.07, 6.45) is 3.07. The number of halogens is 1. The number of hydrogen-bond acceptors (Lipinski definition) is 5. The first-order chi connectivity index (χ1) is 17.1. The first kappa shape index (κ1) is 21.9. The second-order valence-electron chi connectivity index (χ2n) is 7.75. The summed E-state index contributed by atoms with van der Waals surface area (Å²) in [4.78, 5) is 20.0. The van der Waals surface area contributed by atoms with Gasteiger partial charge in [-0.25, -0.2) is 14.2 Å². The monoisotopic (exact) mass is 466 g/mol. The Labute approximate surface area is 199 Å². The van der Waals surface area contributed by atoms with Crippen LogP contribution < -0.4 is 15.2 Å². The van der Waals surface area contributed by atoms with Crippen LogP contribution in [0.25, 0.3) is 28.0 Å². The normalized spacial score (nSPS) is 10.8. The molecule has 0 aliphatic heterocycles. The summed E-state index contributed by atoms with van der Waals surface area (Å²) >= 11 is 0. The summed E-state index contributed by atoms with van der Waals surface area (Å²) in [6.45, 7) is 0.332. The Hall–Kier alpha value is -4.90. The number of rotatable bonds is 6. The maximum Gasteiger partial charge on any atom is 0.331 e. The van der Waals surface area contributed by atoms with Crippen molar-refractivity contribution in [3.05, 3.63) is 107 Å². The Morgan fingerprint density at radius 3 is 2.60 bits per heavy atom. The van der Waals surface area contributed by atoms with Crippen LogP contribution in [0.2, 0.25) is 0 Å². The van der Waals surface area contributed by atoms with Gasteiger partial charge in [0.05, 0.1) is 18.4 Å². The van der Waals surface area contributed by atoms with Crippen LogP contribution >= 0.6 is 0 Å². The number of H-pyrrole nitrogens is 1. The lowest BCUT2D eigenvalue weighted by Gasteiger charge is -2.15. The van der Waals surface area contributed by atoms with Crippen LogP contribution in [0.5, 0.6) is 11.5 Å². The van der Waals surface area contributed by atoms with Crippen molar-refractivity contribution < 1.29 is 13.9 Å². The van der Waals surface area contributed by atoms with Gasteiger partial charge in [-0.2, -0.15) is 5.26 Å². The van der Waals surface area contributed by atoms with Gasteiger partial charge in [0.25, 0.3) is 0 Å². The first-order valence-electron chi connectivity index (χ1n) is 10.7. The Kier molecular flexibility index (Phi) is 5.73. The van der Waals surface area contributed by atoms with Crippen molar-refractivity contribution in [3.63, 3.8) is 0 Å². The number of aromatic nitrogens is 3. The average molecular weight is 466 g/mol. The quantitative estimate of drug-likeness (QED) is 0.382. The van der Waals surface area contributed by atoms with Gasteiger partial charge in [-0.05, 0) is 35.4 Å². The molecule has 7 nitrogen and oxygen atoms in total. The highest BCUT2D eigenvalue weighted by atomic mass is 19.1. The van der Waals surface area contributed by atoms with Gasteiger partial charge in [0, 0.05) is 23.5 Å². The molecule has 3 aromatic carbocycles. The molecule has 5 aromatic rings. The Balaban J connectivity index is 1.68. The molecule has 8 heteroatoms. The standard InChI is InChI=1S/C27H19FN4O3/c1-34-22-10-9-18(14-23(22)35-16-17-5-3-2-4-6-17)24-25(19-7-8-20(15-29)21(28)13-19)31-27(33)32-12-11-30-26(24)32/h2-14H,16H2,1H3,(H,31,33). The van der Waals surface area contributed by atoms with Crippen molar-refractivity contribution in [3.8, 4) is 40.0 Å². The second-order valence-corrected chi connectivity index (χ2v) is 7.75. The molecule has 1 N–H and O–H groups in total. The van der Waals surface area contributed by atoms with E-state index in [0.29, 0.717) is 46.1 Å². The molecule has 0 radical (unpaired) electrons. The summed E-state index contributed by atoms with van der Waals surface area (Å²) in [5.74, 6) is 0.364. The highest BCUT2D eigenvalue weighted by Gasteiger charge is 2.19. The largest absolute Gasteiger partial charge is 0.493 e. The van der Waals surface area contributed by atoms with Gasteiger partial charge in [-0.3, -0.25) is 4.40 Å². The molecule has 35 heavy (non-hydrogen) atoms. The van der Waals surface area contributed by atoms with Gasteiger partial charge >= 0.3 is 5.69 Å². The lowest BCUT2D eigenvalue weighted by molar-refractivity contribution is 0.284. The van der Waals surface area contributed by atoms with E-state index in [-0.39, 0.29) is 5.56 Å². The van der Waals surface area contributed by atoms with Crippen molar-refractivity contribution in [2.45, 2.75) is 6.61 Å². The molecule has 2 aromatic heterocycles. The molecule has 0 fully saturated rings. The van der Waals surface area contributed by atoms with Crippen molar-refractivity contribution in [2.24, 2.45) is 0 Å². The minimum Gasteiger partial charge on any atom is -0.493 e. The number of nitrogens with one attached hydrogen (secondary N) is 1. The predicted octanol–water partition coefficient (Wildman–Crippen LogP) is 4.95. The Bertz CT molecular complexity index is 1630. The topological polar surface area (TPSA) is 92.4 Å². The van der Waals surface area contributed by atoms with Crippen LogP contribution in [0.15, 0.2) is 83.9 Å². The third-order valence-electron chi connectivity index (χ3n) is 5.63. The molecule has 0 atom stereocenters. The summed E-state index contributed by atoms with van der Waals surface area (Å²) < 4.78 is 27.4. The number of fused-ring (bicyclic) bond motifs is 1. The van der Waals surface area contributed by atoms with E-state index < -0.39 is 11.5 Å². The Morgan fingerprint density at radius 2 is 1.86 bits per heavy atom. The maximum absolute atomic E-state index is 14.5. The Morgan fingerprint density at radius 1 is 1.06 bits per heavy atom. The number of ether oxygens (including phenoxy) is 2. The van der Waals surface area contributed by atoms with Gasteiger partial charge in [0.1, 0.15) is 18.5 Å². The summed E-state index contributed by atoms with van der Waals surface area (Å²) in [5.41, 5.74) is 2.92. The molecule has 0 aliphatic carbocycles. The van der Waals surface area contributed by atoms with Crippen LogP contribution in [0.1, 0.15) is 11.1 Å². The summed E-state index contributed by atoms with van der Waals surface area (Å²) in [7, 11) is 1.56. The number of benzene rings is 3. The van der Waals surface area contributed by atoms with Crippen LogP contribution in [-0.2, 0) is 6.61 Å². The number of methoxy groups -OCH3 is 1. The van der Waals surface area contributed by atoms with Crippen LogP contribution in [-0.4, -0.2) is 21.5 Å². The zero-order valence-corrected chi connectivity index (χ0v) is 18.7. The van der Waals surface area contributed by atoms with E-state index in [1.165, 1.54) is 22.7 Å². The van der Waals surface area contributed by atoms with Crippen LogP contribution in [0.3, 0.4) is 0 Å². The minimum atomic E-state index is -0.679. The molecule has 0 unspecified atom stereocenters. The average Bonchev–Trinajstić information content (AvgIpc) is 3.38. The van der Waals surface area contributed by atoms with E-state index in [1.54, 1.807) is 31.5 Å².